The van der Waals surface area contributed by atoms with Gasteiger partial charge in [-0.2, -0.15) is 0 Å². The van der Waals surface area contributed by atoms with Crippen molar-refractivity contribution in [2.45, 2.75) is 65.4 Å². The van der Waals surface area contributed by atoms with Crippen molar-refractivity contribution in [3.63, 3.8) is 0 Å². The van der Waals surface area contributed by atoms with Crippen LogP contribution in [0.5, 0.6) is 5.88 Å². The minimum absolute atomic E-state index is 0.0431. The van der Waals surface area contributed by atoms with Crippen LogP contribution < -0.4 is 10.1 Å². The molecule has 7 nitrogen and oxygen atoms in total. The van der Waals surface area contributed by atoms with Crippen LogP contribution in [-0.4, -0.2) is 42.9 Å². The van der Waals surface area contributed by atoms with E-state index < -0.39 is 11.7 Å². The van der Waals surface area contributed by atoms with Crippen LogP contribution in [0.3, 0.4) is 0 Å². The van der Waals surface area contributed by atoms with E-state index in [1.165, 1.54) is 0 Å². The summed E-state index contributed by atoms with van der Waals surface area (Å²) in [6.07, 6.45) is 2.97. The fourth-order valence-electron chi connectivity index (χ4n) is 2.51. The van der Waals surface area contributed by atoms with Crippen molar-refractivity contribution < 1.29 is 23.8 Å². The van der Waals surface area contributed by atoms with E-state index in [4.69, 9.17) is 14.2 Å². The standard InChI is InChI=1S/C21H34N2O5/c1-15(2)14-27-19(24)12-16(17-9-10-18(26-6)23-13-17)8-7-11-22-20(25)28-21(3,4)5/h9-10,13,15-16H,7-8,11-12,14H2,1-6H3,(H,22,25). The van der Waals surface area contributed by atoms with Gasteiger partial charge in [0.1, 0.15) is 5.60 Å². The Labute approximate surface area is 168 Å². The van der Waals surface area contributed by atoms with Crippen LogP contribution in [0.2, 0.25) is 0 Å². The third-order valence-electron chi connectivity index (χ3n) is 3.83. The first-order chi connectivity index (χ1) is 13.1. The molecule has 1 atom stereocenters. The van der Waals surface area contributed by atoms with Crippen LogP contribution in [0.4, 0.5) is 4.79 Å². The molecule has 158 valence electrons. The number of hydrogen-bond donors (Lipinski definition) is 1. The Hall–Kier alpha value is -2.31. The summed E-state index contributed by atoms with van der Waals surface area (Å²) in [5.41, 5.74) is 0.418. The lowest BCUT2D eigenvalue weighted by molar-refractivity contribution is -0.145. The molecular formula is C21H34N2O5. The van der Waals surface area contributed by atoms with E-state index in [0.29, 0.717) is 37.8 Å². The second-order valence-corrected chi connectivity index (χ2v) is 8.18. The molecule has 1 rings (SSSR count). The molecule has 1 unspecified atom stereocenters. The van der Waals surface area contributed by atoms with Crippen LogP contribution in [0, 0.1) is 5.92 Å². The number of pyridine rings is 1. The average molecular weight is 395 g/mol. The molecule has 1 aromatic heterocycles. The molecule has 1 aromatic rings. The average Bonchev–Trinajstić information content (AvgIpc) is 2.61. The maximum atomic E-state index is 12.2. The van der Waals surface area contributed by atoms with Crippen LogP contribution in [0.1, 0.15) is 65.4 Å². The Morgan fingerprint density at radius 1 is 1.21 bits per heavy atom. The molecule has 0 bridgehead atoms. The molecule has 7 heteroatoms. The lowest BCUT2D eigenvalue weighted by Crippen LogP contribution is -2.33. The van der Waals surface area contributed by atoms with Crippen molar-refractivity contribution in [1.82, 2.24) is 10.3 Å². The molecule has 0 spiro atoms. The monoisotopic (exact) mass is 394 g/mol. The Morgan fingerprint density at radius 2 is 1.93 bits per heavy atom. The number of aromatic nitrogens is 1. The van der Waals surface area contributed by atoms with Gasteiger partial charge in [-0.25, -0.2) is 9.78 Å². The van der Waals surface area contributed by atoms with Gasteiger partial charge in [-0.15, -0.1) is 0 Å². The Morgan fingerprint density at radius 3 is 2.46 bits per heavy atom. The summed E-state index contributed by atoms with van der Waals surface area (Å²) in [4.78, 5) is 28.2. The largest absolute Gasteiger partial charge is 0.481 e. The van der Waals surface area contributed by atoms with Crippen molar-refractivity contribution in [2.75, 3.05) is 20.3 Å². The Bertz CT molecular complexity index is 608. The summed E-state index contributed by atoms with van der Waals surface area (Å²) in [7, 11) is 1.56. The molecule has 1 heterocycles. The first kappa shape index (κ1) is 23.7. The van der Waals surface area contributed by atoms with Crippen LogP contribution in [-0.2, 0) is 14.3 Å². The number of rotatable bonds is 10. The topological polar surface area (TPSA) is 86.8 Å². The molecule has 28 heavy (non-hydrogen) atoms. The summed E-state index contributed by atoms with van der Waals surface area (Å²) in [6, 6.07) is 3.69. The van der Waals surface area contributed by atoms with Crippen molar-refractivity contribution in [2.24, 2.45) is 5.92 Å². The summed E-state index contributed by atoms with van der Waals surface area (Å²) in [5, 5.41) is 2.74. The SMILES string of the molecule is COc1ccc(C(CCCNC(=O)OC(C)(C)C)CC(=O)OCC(C)C)cn1. The molecular weight excluding hydrogens is 360 g/mol. The van der Waals surface area contributed by atoms with Gasteiger partial charge in [-0.05, 0) is 51.0 Å². The fraction of sp³-hybridized carbons (Fsp3) is 0.667. The zero-order chi connectivity index (χ0) is 21.2. The van der Waals surface area contributed by atoms with Gasteiger partial charge < -0.3 is 19.5 Å². The highest BCUT2D eigenvalue weighted by Crippen LogP contribution is 2.26. The van der Waals surface area contributed by atoms with Crippen molar-refractivity contribution in [3.05, 3.63) is 23.9 Å². The number of nitrogens with one attached hydrogen (secondary N) is 1. The third-order valence-corrected chi connectivity index (χ3v) is 3.83. The minimum Gasteiger partial charge on any atom is -0.481 e. The molecule has 0 radical (unpaired) electrons. The highest BCUT2D eigenvalue weighted by Gasteiger charge is 2.19. The van der Waals surface area contributed by atoms with E-state index in [1.807, 2.05) is 40.7 Å². The fourth-order valence-corrected chi connectivity index (χ4v) is 2.51. The molecule has 0 aliphatic rings. The molecule has 0 fully saturated rings. The molecule has 1 N–H and O–H groups in total. The first-order valence-corrected chi connectivity index (χ1v) is 9.73. The van der Waals surface area contributed by atoms with E-state index >= 15 is 0 Å². The number of nitrogens with zero attached hydrogens (tertiary/aromatic N) is 1. The van der Waals surface area contributed by atoms with Crippen LogP contribution in [0.15, 0.2) is 18.3 Å². The molecule has 0 aliphatic carbocycles. The van der Waals surface area contributed by atoms with Gasteiger partial charge in [0.25, 0.3) is 0 Å². The number of carbonyl (C=O) groups excluding carboxylic acids is 2. The quantitative estimate of drug-likeness (QED) is 0.475. The van der Waals surface area contributed by atoms with Crippen LogP contribution >= 0.6 is 0 Å². The lowest BCUT2D eigenvalue weighted by Gasteiger charge is -2.20. The van der Waals surface area contributed by atoms with Crippen molar-refractivity contribution in [3.8, 4) is 5.88 Å². The van der Waals surface area contributed by atoms with Gasteiger partial charge in [-0.3, -0.25) is 4.79 Å². The predicted molar refractivity (Wildman–Crippen MR) is 107 cm³/mol. The van der Waals surface area contributed by atoms with Gasteiger partial charge in [-0.1, -0.05) is 19.9 Å². The predicted octanol–water partition coefficient (Wildman–Crippen LogP) is 4.07. The number of methoxy groups -OCH3 is 1. The van der Waals surface area contributed by atoms with E-state index in [1.54, 1.807) is 19.4 Å². The Balaban J connectivity index is 2.62. The molecule has 0 saturated carbocycles. The zero-order valence-corrected chi connectivity index (χ0v) is 17.9. The summed E-state index contributed by atoms with van der Waals surface area (Å²) in [5.74, 6) is 0.549. The maximum absolute atomic E-state index is 12.2. The van der Waals surface area contributed by atoms with Gasteiger partial charge in [0.15, 0.2) is 0 Å². The molecule has 0 aliphatic heterocycles. The first-order valence-electron chi connectivity index (χ1n) is 9.73. The molecule has 0 aromatic carbocycles. The van der Waals surface area contributed by atoms with E-state index in [2.05, 4.69) is 10.3 Å². The number of ether oxygens (including phenoxy) is 3. The number of alkyl carbamates (subject to hydrolysis) is 1. The summed E-state index contributed by atoms with van der Waals surface area (Å²) >= 11 is 0. The van der Waals surface area contributed by atoms with E-state index in [9.17, 15) is 9.59 Å². The zero-order valence-electron chi connectivity index (χ0n) is 17.9. The van der Waals surface area contributed by atoms with Crippen LogP contribution in [0.25, 0.3) is 0 Å². The van der Waals surface area contributed by atoms with Gasteiger partial charge in [0.05, 0.1) is 20.1 Å². The number of amides is 1. The Kier molecular flexibility index (Phi) is 9.76. The van der Waals surface area contributed by atoms with Gasteiger partial charge in [0, 0.05) is 18.8 Å². The van der Waals surface area contributed by atoms with E-state index in [-0.39, 0.29) is 18.3 Å². The highest BCUT2D eigenvalue weighted by atomic mass is 16.6. The minimum atomic E-state index is -0.526. The third kappa shape index (κ3) is 10.1. The summed E-state index contributed by atoms with van der Waals surface area (Å²) < 4.78 is 15.6. The normalized spacial score (nSPS) is 12.4. The van der Waals surface area contributed by atoms with Gasteiger partial charge in [0.2, 0.25) is 5.88 Å². The smallest absolute Gasteiger partial charge is 0.407 e. The maximum Gasteiger partial charge on any atom is 0.407 e. The number of esters is 1. The van der Waals surface area contributed by atoms with E-state index in [0.717, 1.165) is 5.56 Å². The van der Waals surface area contributed by atoms with Gasteiger partial charge >= 0.3 is 12.1 Å². The van der Waals surface area contributed by atoms with Crippen molar-refractivity contribution >= 4 is 12.1 Å². The number of carbonyl (C=O) groups is 2. The van der Waals surface area contributed by atoms with Crippen molar-refractivity contribution in [1.29, 1.82) is 0 Å². The lowest BCUT2D eigenvalue weighted by atomic mass is 9.92. The highest BCUT2D eigenvalue weighted by molar-refractivity contribution is 5.70. The second-order valence-electron chi connectivity index (χ2n) is 8.18. The number of hydrogen-bond acceptors (Lipinski definition) is 6. The molecule has 0 saturated heterocycles. The molecule has 1 amide bonds. The second kappa shape index (κ2) is 11.5. The summed E-state index contributed by atoms with van der Waals surface area (Å²) in [6.45, 7) is 10.3.